The Morgan fingerprint density at radius 2 is 2.19 bits per heavy atom. The third kappa shape index (κ3) is 4.42. The van der Waals surface area contributed by atoms with Gasteiger partial charge < -0.3 is 19.1 Å². The number of aromatic nitrogens is 1. The van der Waals surface area contributed by atoms with Crippen molar-refractivity contribution >= 4 is 5.91 Å². The molecule has 2 aromatic rings. The normalized spacial score (nSPS) is 16.0. The summed E-state index contributed by atoms with van der Waals surface area (Å²) in [5.41, 5.74) is 0.493. The van der Waals surface area contributed by atoms with Crippen molar-refractivity contribution in [1.29, 1.82) is 5.26 Å². The average Bonchev–Trinajstić information content (AvgIpc) is 3.15. The maximum absolute atomic E-state index is 12.3. The minimum atomic E-state index is -0.141. The van der Waals surface area contributed by atoms with Crippen LogP contribution in [0.15, 0.2) is 42.6 Å². The molecule has 0 radical (unpaired) electrons. The smallest absolute Gasteiger partial charge is 0.260 e. The Bertz CT molecular complexity index is 818. The van der Waals surface area contributed by atoms with Gasteiger partial charge in [0.25, 0.3) is 5.91 Å². The largest absolute Gasteiger partial charge is 0.497 e. The van der Waals surface area contributed by atoms with Crippen LogP contribution >= 0.6 is 0 Å². The molecule has 1 aliphatic heterocycles. The second kappa shape index (κ2) is 8.21. The van der Waals surface area contributed by atoms with Crippen LogP contribution < -0.4 is 14.2 Å². The van der Waals surface area contributed by atoms with Gasteiger partial charge in [0.2, 0.25) is 5.88 Å². The molecule has 1 aromatic heterocycles. The lowest BCUT2D eigenvalue weighted by molar-refractivity contribution is -0.132. The number of rotatable bonds is 6. The highest BCUT2D eigenvalue weighted by Gasteiger charge is 2.28. The molecule has 0 spiro atoms. The fourth-order valence-electron chi connectivity index (χ4n) is 2.69. The number of ether oxygens (including phenoxy) is 3. The molecule has 0 saturated carbocycles. The number of amides is 1. The highest BCUT2D eigenvalue weighted by Crippen LogP contribution is 2.20. The van der Waals surface area contributed by atoms with Crippen LogP contribution in [0, 0.1) is 11.3 Å². The van der Waals surface area contributed by atoms with E-state index in [0.29, 0.717) is 42.5 Å². The molecule has 7 heteroatoms. The van der Waals surface area contributed by atoms with Crippen LogP contribution in [0.25, 0.3) is 0 Å². The van der Waals surface area contributed by atoms with Gasteiger partial charge in [0.05, 0.1) is 25.3 Å². The Morgan fingerprint density at radius 1 is 1.35 bits per heavy atom. The molecule has 134 valence electrons. The van der Waals surface area contributed by atoms with Crippen molar-refractivity contribution in [3.8, 4) is 23.4 Å². The second-order valence-electron chi connectivity index (χ2n) is 5.83. The number of carbonyl (C=O) groups is 1. The Labute approximate surface area is 151 Å². The molecule has 1 aromatic carbocycles. The number of hydrogen-bond donors (Lipinski definition) is 0. The van der Waals surface area contributed by atoms with Gasteiger partial charge in [-0.15, -0.1) is 0 Å². The van der Waals surface area contributed by atoms with E-state index >= 15 is 0 Å². The van der Waals surface area contributed by atoms with Crippen molar-refractivity contribution in [3.63, 3.8) is 0 Å². The first kappa shape index (κ1) is 17.5. The zero-order valence-corrected chi connectivity index (χ0v) is 14.4. The molecule has 0 aliphatic carbocycles. The van der Waals surface area contributed by atoms with E-state index in [4.69, 9.17) is 19.5 Å². The topological polar surface area (TPSA) is 84.7 Å². The van der Waals surface area contributed by atoms with Gasteiger partial charge in [-0.25, -0.2) is 4.98 Å². The number of carbonyl (C=O) groups excluding carboxylic acids is 1. The third-order valence-electron chi connectivity index (χ3n) is 4.05. The minimum absolute atomic E-state index is 0.0396. The summed E-state index contributed by atoms with van der Waals surface area (Å²) < 4.78 is 16.5. The Morgan fingerprint density at radius 3 is 3.00 bits per heavy atom. The zero-order valence-electron chi connectivity index (χ0n) is 14.4. The summed E-state index contributed by atoms with van der Waals surface area (Å²) in [6.45, 7) is 1.03. The van der Waals surface area contributed by atoms with E-state index in [1.54, 1.807) is 42.3 Å². The standard InChI is InChI=1S/C19H19N3O4/c1-24-15-3-2-4-16(10-15)25-13-19(23)22-8-6-17(12-22)26-18-9-14(11-20)5-7-21-18/h2-5,7,9-10,17H,6,8,12-13H2,1H3. The number of methoxy groups -OCH3 is 1. The average molecular weight is 353 g/mol. The first-order valence-electron chi connectivity index (χ1n) is 8.25. The van der Waals surface area contributed by atoms with E-state index in [9.17, 15) is 4.79 Å². The molecule has 1 fully saturated rings. The Kier molecular flexibility index (Phi) is 5.54. The van der Waals surface area contributed by atoms with Crippen molar-refractivity contribution in [2.24, 2.45) is 0 Å². The van der Waals surface area contributed by atoms with Crippen molar-refractivity contribution in [1.82, 2.24) is 9.88 Å². The number of benzene rings is 1. The first-order chi connectivity index (χ1) is 12.7. The van der Waals surface area contributed by atoms with E-state index in [0.717, 1.165) is 0 Å². The van der Waals surface area contributed by atoms with Crippen LogP contribution in [0.2, 0.25) is 0 Å². The molecule has 1 atom stereocenters. The molecule has 3 rings (SSSR count). The van der Waals surface area contributed by atoms with Crippen molar-refractivity contribution in [3.05, 3.63) is 48.2 Å². The van der Waals surface area contributed by atoms with Crippen LogP contribution in [0.3, 0.4) is 0 Å². The molecule has 1 aliphatic rings. The predicted molar refractivity (Wildman–Crippen MR) is 93.1 cm³/mol. The molecule has 1 saturated heterocycles. The monoisotopic (exact) mass is 353 g/mol. The van der Waals surface area contributed by atoms with Crippen LogP contribution in [-0.2, 0) is 4.79 Å². The lowest BCUT2D eigenvalue weighted by atomic mass is 10.3. The van der Waals surface area contributed by atoms with Crippen LogP contribution in [0.4, 0.5) is 0 Å². The number of nitriles is 1. The summed E-state index contributed by atoms with van der Waals surface area (Å²) in [7, 11) is 1.58. The van der Waals surface area contributed by atoms with Crippen molar-refractivity contribution in [2.45, 2.75) is 12.5 Å². The zero-order chi connectivity index (χ0) is 18.4. The fourth-order valence-corrected chi connectivity index (χ4v) is 2.69. The maximum Gasteiger partial charge on any atom is 0.260 e. The number of hydrogen-bond acceptors (Lipinski definition) is 6. The van der Waals surface area contributed by atoms with Gasteiger partial charge in [0, 0.05) is 31.3 Å². The fraction of sp³-hybridized carbons (Fsp3) is 0.316. The summed E-state index contributed by atoms with van der Waals surface area (Å²) in [6, 6.07) is 12.4. The summed E-state index contributed by atoms with van der Waals surface area (Å²) in [5.74, 6) is 1.56. The Balaban J connectivity index is 1.50. The van der Waals surface area contributed by atoms with Gasteiger partial charge in [-0.1, -0.05) is 6.07 Å². The van der Waals surface area contributed by atoms with Gasteiger partial charge in [-0.3, -0.25) is 4.79 Å². The highest BCUT2D eigenvalue weighted by molar-refractivity contribution is 5.78. The predicted octanol–water partition coefficient (Wildman–Crippen LogP) is 2.02. The third-order valence-corrected chi connectivity index (χ3v) is 4.05. The van der Waals surface area contributed by atoms with E-state index < -0.39 is 0 Å². The molecule has 7 nitrogen and oxygen atoms in total. The number of likely N-dealkylation sites (tertiary alicyclic amines) is 1. The van der Waals surface area contributed by atoms with Gasteiger partial charge >= 0.3 is 0 Å². The van der Waals surface area contributed by atoms with Gasteiger partial charge in [-0.05, 0) is 18.2 Å². The van der Waals surface area contributed by atoms with E-state index in [2.05, 4.69) is 4.98 Å². The van der Waals surface area contributed by atoms with E-state index in [1.807, 2.05) is 12.1 Å². The van der Waals surface area contributed by atoms with Crippen LogP contribution in [-0.4, -0.2) is 48.7 Å². The quantitative estimate of drug-likeness (QED) is 0.790. The maximum atomic E-state index is 12.3. The summed E-state index contributed by atoms with van der Waals surface area (Å²) >= 11 is 0. The van der Waals surface area contributed by atoms with Gasteiger partial charge in [0.1, 0.15) is 17.6 Å². The molecule has 0 bridgehead atoms. The minimum Gasteiger partial charge on any atom is -0.497 e. The molecular formula is C19H19N3O4. The molecule has 1 unspecified atom stereocenters. The molecule has 1 amide bonds. The molecular weight excluding hydrogens is 334 g/mol. The second-order valence-corrected chi connectivity index (χ2v) is 5.83. The van der Waals surface area contributed by atoms with Crippen molar-refractivity contribution < 1.29 is 19.0 Å². The molecule has 26 heavy (non-hydrogen) atoms. The summed E-state index contributed by atoms with van der Waals surface area (Å²) in [6.07, 6.45) is 2.11. The molecule has 2 heterocycles. The van der Waals surface area contributed by atoms with Crippen LogP contribution in [0.5, 0.6) is 17.4 Å². The SMILES string of the molecule is COc1cccc(OCC(=O)N2CCC(Oc3cc(C#N)ccn3)C2)c1. The molecule has 0 N–H and O–H groups in total. The number of nitrogens with zero attached hydrogens (tertiary/aromatic N) is 3. The Hall–Kier alpha value is -3.27. The van der Waals surface area contributed by atoms with Crippen molar-refractivity contribution in [2.75, 3.05) is 26.8 Å². The van der Waals surface area contributed by atoms with E-state index in [1.165, 1.54) is 6.20 Å². The first-order valence-corrected chi connectivity index (χ1v) is 8.25. The number of pyridine rings is 1. The van der Waals surface area contributed by atoms with E-state index in [-0.39, 0.29) is 18.6 Å². The lowest BCUT2D eigenvalue weighted by Crippen LogP contribution is -2.34. The van der Waals surface area contributed by atoms with Gasteiger partial charge in [-0.2, -0.15) is 5.26 Å². The van der Waals surface area contributed by atoms with Crippen LogP contribution in [0.1, 0.15) is 12.0 Å². The lowest BCUT2D eigenvalue weighted by Gasteiger charge is -2.17. The summed E-state index contributed by atoms with van der Waals surface area (Å²) in [5, 5.41) is 8.92. The highest BCUT2D eigenvalue weighted by atomic mass is 16.5. The summed E-state index contributed by atoms with van der Waals surface area (Å²) in [4.78, 5) is 18.1. The van der Waals surface area contributed by atoms with Gasteiger partial charge in [0.15, 0.2) is 6.61 Å².